The van der Waals surface area contributed by atoms with Gasteiger partial charge >= 0.3 is 0 Å². The Morgan fingerprint density at radius 3 is 3.00 bits per heavy atom. The van der Waals surface area contributed by atoms with E-state index in [0.29, 0.717) is 24.0 Å². The third-order valence-electron chi connectivity index (χ3n) is 3.12. The van der Waals surface area contributed by atoms with Crippen LogP contribution in [0.5, 0.6) is 0 Å². The summed E-state index contributed by atoms with van der Waals surface area (Å²) in [5, 5.41) is 13.4. The zero-order chi connectivity index (χ0) is 13.7. The second-order valence-corrected chi connectivity index (χ2v) is 4.68. The minimum absolute atomic E-state index is 0.252. The maximum atomic E-state index is 13.6. The Bertz CT molecular complexity index is 545. The SMILES string of the molecule is CCCC(O)CNCc1ccc(F)c2cccnc12. The van der Waals surface area contributed by atoms with Crippen LogP contribution in [0.3, 0.4) is 0 Å². The van der Waals surface area contributed by atoms with Gasteiger partial charge in [-0.25, -0.2) is 4.39 Å². The van der Waals surface area contributed by atoms with Gasteiger partial charge in [-0.1, -0.05) is 19.4 Å². The number of aliphatic hydroxyl groups is 1. The molecule has 0 bridgehead atoms. The summed E-state index contributed by atoms with van der Waals surface area (Å²) in [6.07, 6.45) is 3.08. The number of halogens is 1. The lowest BCUT2D eigenvalue weighted by atomic mass is 10.1. The van der Waals surface area contributed by atoms with Crippen LogP contribution in [0.2, 0.25) is 0 Å². The molecule has 0 amide bonds. The first kappa shape index (κ1) is 13.9. The van der Waals surface area contributed by atoms with E-state index in [1.165, 1.54) is 6.07 Å². The topological polar surface area (TPSA) is 45.1 Å². The molecule has 2 rings (SSSR count). The van der Waals surface area contributed by atoms with Crippen LogP contribution in [0.4, 0.5) is 4.39 Å². The van der Waals surface area contributed by atoms with Gasteiger partial charge in [-0.2, -0.15) is 0 Å². The van der Waals surface area contributed by atoms with Crippen molar-refractivity contribution in [2.24, 2.45) is 0 Å². The normalized spacial score (nSPS) is 12.8. The summed E-state index contributed by atoms with van der Waals surface area (Å²) >= 11 is 0. The number of nitrogens with one attached hydrogen (secondary N) is 1. The van der Waals surface area contributed by atoms with E-state index in [4.69, 9.17) is 0 Å². The van der Waals surface area contributed by atoms with Crippen molar-refractivity contribution in [3.63, 3.8) is 0 Å². The predicted molar refractivity (Wildman–Crippen MR) is 74.3 cm³/mol. The molecule has 102 valence electrons. The Labute approximate surface area is 112 Å². The first-order chi connectivity index (χ1) is 9.22. The van der Waals surface area contributed by atoms with Crippen LogP contribution >= 0.6 is 0 Å². The highest BCUT2D eigenvalue weighted by molar-refractivity contribution is 5.82. The summed E-state index contributed by atoms with van der Waals surface area (Å²) < 4.78 is 13.6. The first-order valence-electron chi connectivity index (χ1n) is 6.63. The lowest BCUT2D eigenvalue weighted by Crippen LogP contribution is -2.26. The average molecular weight is 262 g/mol. The summed E-state index contributed by atoms with van der Waals surface area (Å²) in [5.41, 5.74) is 1.63. The fourth-order valence-corrected chi connectivity index (χ4v) is 2.15. The number of rotatable bonds is 6. The molecule has 1 aromatic heterocycles. The molecule has 1 atom stereocenters. The smallest absolute Gasteiger partial charge is 0.132 e. The Kier molecular flexibility index (Phi) is 4.82. The van der Waals surface area contributed by atoms with Crippen LogP contribution < -0.4 is 5.32 Å². The molecule has 4 heteroatoms. The van der Waals surface area contributed by atoms with Crippen LogP contribution in [0.15, 0.2) is 30.5 Å². The standard InChI is InChI=1S/C15H19FN2O/c1-2-4-12(19)10-17-9-11-6-7-14(16)13-5-3-8-18-15(11)13/h3,5-8,12,17,19H,2,4,9-10H2,1H3. The van der Waals surface area contributed by atoms with Crippen molar-refractivity contribution in [3.05, 3.63) is 41.8 Å². The van der Waals surface area contributed by atoms with E-state index in [1.54, 1.807) is 24.4 Å². The van der Waals surface area contributed by atoms with Crippen molar-refractivity contribution in [2.45, 2.75) is 32.4 Å². The summed E-state index contributed by atoms with van der Waals surface area (Å²) in [6, 6.07) is 6.66. The molecule has 0 radical (unpaired) electrons. The van der Waals surface area contributed by atoms with Crippen LogP contribution in [0, 0.1) is 5.82 Å². The van der Waals surface area contributed by atoms with Crippen molar-refractivity contribution >= 4 is 10.9 Å². The van der Waals surface area contributed by atoms with Gasteiger partial charge in [-0.05, 0) is 30.2 Å². The molecule has 0 spiro atoms. The van der Waals surface area contributed by atoms with Gasteiger partial charge < -0.3 is 10.4 Å². The van der Waals surface area contributed by atoms with E-state index in [2.05, 4.69) is 10.3 Å². The third kappa shape index (κ3) is 3.49. The van der Waals surface area contributed by atoms with Crippen molar-refractivity contribution in [3.8, 4) is 0 Å². The van der Waals surface area contributed by atoms with Gasteiger partial charge in [0.1, 0.15) is 5.82 Å². The predicted octanol–water partition coefficient (Wildman–Crippen LogP) is 2.62. The van der Waals surface area contributed by atoms with Gasteiger partial charge in [0.15, 0.2) is 0 Å². The maximum Gasteiger partial charge on any atom is 0.132 e. The minimum Gasteiger partial charge on any atom is -0.392 e. The third-order valence-corrected chi connectivity index (χ3v) is 3.12. The summed E-state index contributed by atoms with van der Waals surface area (Å²) in [7, 11) is 0. The molecule has 1 unspecified atom stereocenters. The Hall–Kier alpha value is -1.52. The lowest BCUT2D eigenvalue weighted by Gasteiger charge is -2.11. The highest BCUT2D eigenvalue weighted by atomic mass is 19.1. The number of aromatic nitrogens is 1. The molecule has 1 heterocycles. The number of hydrogen-bond acceptors (Lipinski definition) is 3. The molecular formula is C15H19FN2O. The Morgan fingerprint density at radius 1 is 1.37 bits per heavy atom. The van der Waals surface area contributed by atoms with Crippen LogP contribution in [-0.4, -0.2) is 22.7 Å². The monoisotopic (exact) mass is 262 g/mol. The molecule has 0 aliphatic heterocycles. The Balaban J connectivity index is 2.07. The maximum absolute atomic E-state index is 13.6. The minimum atomic E-state index is -0.329. The van der Waals surface area contributed by atoms with E-state index in [1.807, 2.05) is 6.92 Å². The average Bonchev–Trinajstić information content (AvgIpc) is 2.42. The Morgan fingerprint density at radius 2 is 2.21 bits per heavy atom. The van der Waals surface area contributed by atoms with Gasteiger partial charge in [0.2, 0.25) is 0 Å². The van der Waals surface area contributed by atoms with Crippen molar-refractivity contribution < 1.29 is 9.50 Å². The van der Waals surface area contributed by atoms with E-state index in [9.17, 15) is 9.50 Å². The van der Waals surface area contributed by atoms with Gasteiger partial charge in [0.05, 0.1) is 11.6 Å². The molecule has 2 aromatic rings. The largest absolute Gasteiger partial charge is 0.392 e. The van der Waals surface area contributed by atoms with Gasteiger partial charge in [-0.15, -0.1) is 0 Å². The van der Waals surface area contributed by atoms with E-state index >= 15 is 0 Å². The molecule has 0 aliphatic rings. The molecule has 1 aromatic carbocycles. The molecule has 2 N–H and O–H groups in total. The number of benzene rings is 1. The molecule has 0 saturated carbocycles. The van der Waals surface area contributed by atoms with E-state index in [0.717, 1.165) is 18.4 Å². The van der Waals surface area contributed by atoms with Crippen LogP contribution in [0.25, 0.3) is 10.9 Å². The van der Waals surface area contributed by atoms with Crippen LogP contribution in [0.1, 0.15) is 25.3 Å². The molecule has 19 heavy (non-hydrogen) atoms. The number of nitrogens with zero attached hydrogens (tertiary/aromatic N) is 1. The van der Waals surface area contributed by atoms with Gasteiger partial charge in [0, 0.05) is 24.7 Å². The van der Waals surface area contributed by atoms with Crippen molar-refractivity contribution in [1.82, 2.24) is 10.3 Å². The lowest BCUT2D eigenvalue weighted by molar-refractivity contribution is 0.160. The van der Waals surface area contributed by atoms with Crippen molar-refractivity contribution in [1.29, 1.82) is 0 Å². The summed E-state index contributed by atoms with van der Waals surface area (Å²) in [6.45, 7) is 3.16. The summed E-state index contributed by atoms with van der Waals surface area (Å²) in [5.74, 6) is -0.252. The number of fused-ring (bicyclic) bond motifs is 1. The quantitative estimate of drug-likeness (QED) is 0.841. The fourth-order valence-electron chi connectivity index (χ4n) is 2.15. The first-order valence-corrected chi connectivity index (χ1v) is 6.63. The molecule has 3 nitrogen and oxygen atoms in total. The summed E-state index contributed by atoms with van der Waals surface area (Å²) in [4.78, 5) is 4.23. The van der Waals surface area contributed by atoms with Gasteiger partial charge in [0.25, 0.3) is 0 Å². The number of hydrogen-bond donors (Lipinski definition) is 2. The van der Waals surface area contributed by atoms with Gasteiger partial charge in [-0.3, -0.25) is 4.98 Å². The molecule has 0 saturated heterocycles. The molecule has 0 aliphatic carbocycles. The zero-order valence-electron chi connectivity index (χ0n) is 11.1. The number of pyridine rings is 1. The molecular weight excluding hydrogens is 243 g/mol. The van der Waals surface area contributed by atoms with E-state index < -0.39 is 0 Å². The number of aliphatic hydroxyl groups excluding tert-OH is 1. The molecule has 0 fully saturated rings. The van der Waals surface area contributed by atoms with E-state index in [-0.39, 0.29) is 11.9 Å². The van der Waals surface area contributed by atoms with Crippen LogP contribution in [-0.2, 0) is 6.54 Å². The fraction of sp³-hybridized carbons (Fsp3) is 0.400. The highest BCUT2D eigenvalue weighted by Crippen LogP contribution is 2.19. The highest BCUT2D eigenvalue weighted by Gasteiger charge is 2.07. The second-order valence-electron chi connectivity index (χ2n) is 4.68. The second kappa shape index (κ2) is 6.59. The zero-order valence-corrected chi connectivity index (χ0v) is 11.1. The van der Waals surface area contributed by atoms with Crippen molar-refractivity contribution in [2.75, 3.05) is 6.54 Å².